The van der Waals surface area contributed by atoms with Gasteiger partial charge in [0.15, 0.2) is 0 Å². The first-order valence-corrected chi connectivity index (χ1v) is 7.53. The van der Waals surface area contributed by atoms with Crippen molar-refractivity contribution in [1.82, 2.24) is 0 Å². The van der Waals surface area contributed by atoms with E-state index in [0.717, 1.165) is 20.1 Å². The number of rotatable bonds is 2. The normalized spacial score (nSPS) is 12.5. The molecule has 0 heterocycles. The smallest absolute Gasteiger partial charge is 0.129 e. The summed E-state index contributed by atoms with van der Waals surface area (Å²) < 4.78 is 15.7. The Morgan fingerprint density at radius 1 is 1.21 bits per heavy atom. The largest absolute Gasteiger partial charge is 0.320 e. The fourth-order valence-electron chi connectivity index (χ4n) is 1.86. The average molecular weight is 408 g/mol. The standard InChI is InChI=1S/C14H11Br2ClFN/c1-7-5-10(16)8(6-9(7)15)14(19)13-11(17)3-2-4-12(13)18/h2-6,14H,19H2,1H3. The highest BCUT2D eigenvalue weighted by molar-refractivity contribution is 9.11. The van der Waals surface area contributed by atoms with E-state index in [2.05, 4.69) is 31.9 Å². The third-order valence-electron chi connectivity index (χ3n) is 2.92. The van der Waals surface area contributed by atoms with E-state index < -0.39 is 11.9 Å². The Morgan fingerprint density at radius 3 is 2.53 bits per heavy atom. The van der Waals surface area contributed by atoms with Gasteiger partial charge >= 0.3 is 0 Å². The number of hydrogen-bond donors (Lipinski definition) is 1. The molecule has 0 radical (unpaired) electrons. The summed E-state index contributed by atoms with van der Waals surface area (Å²) in [5.41, 5.74) is 8.32. The van der Waals surface area contributed by atoms with E-state index in [4.69, 9.17) is 17.3 Å². The third-order valence-corrected chi connectivity index (χ3v) is 4.79. The fraction of sp³-hybridized carbons (Fsp3) is 0.143. The van der Waals surface area contributed by atoms with Gasteiger partial charge in [0, 0.05) is 19.5 Å². The van der Waals surface area contributed by atoms with Gasteiger partial charge in [-0.1, -0.05) is 49.5 Å². The van der Waals surface area contributed by atoms with E-state index in [0.29, 0.717) is 10.6 Å². The molecule has 2 rings (SSSR count). The number of nitrogens with two attached hydrogens (primary N) is 1. The summed E-state index contributed by atoms with van der Waals surface area (Å²) in [6, 6.07) is 7.75. The molecule has 0 spiro atoms. The molecular weight excluding hydrogens is 396 g/mol. The Morgan fingerprint density at radius 2 is 1.89 bits per heavy atom. The highest BCUT2D eigenvalue weighted by Crippen LogP contribution is 2.35. The van der Waals surface area contributed by atoms with E-state index in [-0.39, 0.29) is 0 Å². The topological polar surface area (TPSA) is 26.0 Å². The molecular formula is C14H11Br2ClFN. The predicted octanol–water partition coefficient (Wildman–Crippen LogP) is 5.36. The van der Waals surface area contributed by atoms with Gasteiger partial charge in [-0.3, -0.25) is 0 Å². The van der Waals surface area contributed by atoms with Crippen LogP contribution in [0.5, 0.6) is 0 Å². The first kappa shape index (κ1) is 15.0. The van der Waals surface area contributed by atoms with Crippen LogP contribution in [0.25, 0.3) is 0 Å². The molecule has 1 unspecified atom stereocenters. The van der Waals surface area contributed by atoms with Crippen LogP contribution in [0.15, 0.2) is 39.3 Å². The summed E-state index contributed by atoms with van der Waals surface area (Å²) in [4.78, 5) is 0. The molecule has 5 heteroatoms. The maximum Gasteiger partial charge on any atom is 0.129 e. The molecule has 0 amide bonds. The summed E-state index contributed by atoms with van der Waals surface area (Å²) in [6.45, 7) is 1.97. The quantitative estimate of drug-likeness (QED) is 0.713. The lowest BCUT2D eigenvalue weighted by Crippen LogP contribution is -2.15. The number of hydrogen-bond acceptors (Lipinski definition) is 1. The molecule has 0 aliphatic carbocycles. The van der Waals surface area contributed by atoms with Crippen molar-refractivity contribution in [1.29, 1.82) is 0 Å². The van der Waals surface area contributed by atoms with Crippen LogP contribution in [-0.4, -0.2) is 0 Å². The van der Waals surface area contributed by atoms with Crippen molar-refractivity contribution in [2.24, 2.45) is 5.73 Å². The van der Waals surface area contributed by atoms with Crippen molar-refractivity contribution < 1.29 is 4.39 Å². The van der Waals surface area contributed by atoms with Gasteiger partial charge in [-0.2, -0.15) is 0 Å². The van der Waals surface area contributed by atoms with Gasteiger partial charge in [0.2, 0.25) is 0 Å². The van der Waals surface area contributed by atoms with Crippen molar-refractivity contribution in [3.63, 3.8) is 0 Å². The average Bonchev–Trinajstić information content (AvgIpc) is 2.33. The zero-order valence-corrected chi connectivity index (χ0v) is 14.0. The molecule has 0 saturated heterocycles. The van der Waals surface area contributed by atoms with Crippen molar-refractivity contribution in [2.75, 3.05) is 0 Å². The van der Waals surface area contributed by atoms with Crippen LogP contribution in [0.4, 0.5) is 4.39 Å². The molecule has 1 nitrogen and oxygen atoms in total. The molecule has 19 heavy (non-hydrogen) atoms. The fourth-order valence-corrected chi connectivity index (χ4v) is 3.21. The maximum atomic E-state index is 13.9. The van der Waals surface area contributed by atoms with Gasteiger partial charge in [-0.05, 0) is 42.3 Å². The number of halogens is 4. The minimum absolute atomic E-state index is 0.306. The minimum atomic E-state index is -0.625. The van der Waals surface area contributed by atoms with Gasteiger partial charge in [0.05, 0.1) is 6.04 Å². The first-order chi connectivity index (χ1) is 8.91. The van der Waals surface area contributed by atoms with E-state index >= 15 is 0 Å². The van der Waals surface area contributed by atoms with Crippen LogP contribution >= 0.6 is 43.5 Å². The summed E-state index contributed by atoms with van der Waals surface area (Å²) in [5, 5.41) is 0.330. The van der Waals surface area contributed by atoms with Crippen LogP contribution in [0, 0.1) is 12.7 Å². The van der Waals surface area contributed by atoms with Crippen LogP contribution in [0.2, 0.25) is 5.02 Å². The SMILES string of the molecule is Cc1cc(Br)c(C(N)c2c(F)cccc2Cl)cc1Br. The Labute approximate surface area is 133 Å². The highest BCUT2D eigenvalue weighted by Gasteiger charge is 2.20. The van der Waals surface area contributed by atoms with Gasteiger partial charge in [0.1, 0.15) is 5.82 Å². The molecule has 0 bridgehead atoms. The van der Waals surface area contributed by atoms with Crippen LogP contribution in [0.3, 0.4) is 0 Å². The Kier molecular flexibility index (Phi) is 4.66. The third kappa shape index (κ3) is 3.02. The summed E-state index contributed by atoms with van der Waals surface area (Å²) in [7, 11) is 0. The molecule has 0 aromatic heterocycles. The molecule has 0 saturated carbocycles. The molecule has 2 aromatic rings. The van der Waals surface area contributed by atoms with Crippen LogP contribution < -0.4 is 5.73 Å². The van der Waals surface area contributed by atoms with Gasteiger partial charge in [-0.25, -0.2) is 4.39 Å². The summed E-state index contributed by atoms with van der Waals surface area (Å²) >= 11 is 13.0. The molecule has 0 aliphatic rings. The number of aryl methyl sites for hydroxylation is 1. The lowest BCUT2D eigenvalue weighted by Gasteiger charge is -2.17. The zero-order chi connectivity index (χ0) is 14.2. The lowest BCUT2D eigenvalue weighted by molar-refractivity contribution is 0.599. The maximum absolute atomic E-state index is 13.9. The predicted molar refractivity (Wildman–Crippen MR) is 84.0 cm³/mol. The number of benzene rings is 2. The second-order valence-electron chi connectivity index (χ2n) is 4.24. The van der Waals surface area contributed by atoms with Crippen molar-refractivity contribution in [2.45, 2.75) is 13.0 Å². The second kappa shape index (κ2) is 5.92. The van der Waals surface area contributed by atoms with Gasteiger partial charge in [0.25, 0.3) is 0 Å². The van der Waals surface area contributed by atoms with E-state index in [1.807, 2.05) is 19.1 Å². The van der Waals surface area contributed by atoms with E-state index in [9.17, 15) is 4.39 Å². The Hall–Kier alpha value is -0.420. The van der Waals surface area contributed by atoms with Gasteiger partial charge < -0.3 is 5.73 Å². The molecule has 100 valence electrons. The van der Waals surface area contributed by atoms with Gasteiger partial charge in [-0.15, -0.1) is 0 Å². The second-order valence-corrected chi connectivity index (χ2v) is 6.35. The van der Waals surface area contributed by atoms with Crippen LogP contribution in [-0.2, 0) is 0 Å². The molecule has 2 aromatic carbocycles. The lowest BCUT2D eigenvalue weighted by atomic mass is 9.98. The van der Waals surface area contributed by atoms with E-state index in [1.165, 1.54) is 6.07 Å². The summed E-state index contributed by atoms with van der Waals surface area (Å²) in [5.74, 6) is -0.399. The molecule has 0 aliphatic heterocycles. The molecule has 0 fully saturated rings. The molecule has 1 atom stereocenters. The van der Waals surface area contributed by atoms with Crippen molar-refractivity contribution in [3.8, 4) is 0 Å². The van der Waals surface area contributed by atoms with E-state index in [1.54, 1.807) is 12.1 Å². The molecule has 2 N–H and O–H groups in total. The minimum Gasteiger partial charge on any atom is -0.320 e. The monoisotopic (exact) mass is 405 g/mol. The van der Waals surface area contributed by atoms with Crippen LogP contribution in [0.1, 0.15) is 22.7 Å². The zero-order valence-electron chi connectivity index (χ0n) is 10.1. The summed E-state index contributed by atoms with van der Waals surface area (Å²) in [6.07, 6.45) is 0. The highest BCUT2D eigenvalue weighted by atomic mass is 79.9. The van der Waals surface area contributed by atoms with Crippen molar-refractivity contribution >= 4 is 43.5 Å². The Bertz CT molecular complexity index is 611. The Balaban J connectivity index is 2.56. The van der Waals surface area contributed by atoms with Crippen molar-refractivity contribution in [3.05, 3.63) is 66.8 Å². The first-order valence-electron chi connectivity index (χ1n) is 5.57.